The first-order valence-corrected chi connectivity index (χ1v) is 9.61. The van der Waals surface area contributed by atoms with Crippen LogP contribution < -0.4 is 0 Å². The molecule has 0 saturated heterocycles. The lowest BCUT2D eigenvalue weighted by Gasteiger charge is -2.03. The monoisotopic (exact) mass is 310 g/mol. The van der Waals surface area contributed by atoms with Crippen molar-refractivity contribution in [3.8, 4) is 0 Å². The average molecular weight is 311 g/mol. The molecule has 0 unspecified atom stereocenters. The quantitative estimate of drug-likeness (QED) is 0.183. The molecular weight excluding hydrogens is 272 g/mol. The highest BCUT2D eigenvalue weighted by Crippen LogP contribution is 2.12. The summed E-state index contributed by atoms with van der Waals surface area (Å²) in [6, 6.07) is 0. The first kappa shape index (κ1) is 21.2. The van der Waals surface area contributed by atoms with E-state index in [1.807, 2.05) is 6.92 Å². The summed E-state index contributed by atoms with van der Waals surface area (Å²) < 4.78 is 4.92. The van der Waals surface area contributed by atoms with E-state index < -0.39 is 0 Å². The Kier molecular flexibility index (Phi) is 17.6. The number of hydrogen-bond donors (Lipinski definition) is 0. The molecule has 2 heteroatoms. The van der Waals surface area contributed by atoms with Crippen molar-refractivity contribution in [2.75, 3.05) is 6.61 Å². The van der Waals surface area contributed by atoms with E-state index in [1.54, 1.807) is 0 Å². The number of rotatable bonds is 16. The molecule has 0 aliphatic carbocycles. The van der Waals surface area contributed by atoms with E-state index in [9.17, 15) is 4.79 Å². The Morgan fingerprint density at radius 1 is 0.727 bits per heavy atom. The van der Waals surface area contributed by atoms with E-state index in [0.29, 0.717) is 13.0 Å². The Morgan fingerprint density at radius 3 is 1.77 bits per heavy atom. The molecule has 130 valence electrons. The third kappa shape index (κ3) is 17.3. The van der Waals surface area contributed by atoms with Gasteiger partial charge in [-0.3, -0.25) is 4.79 Å². The summed E-state index contributed by atoms with van der Waals surface area (Å²) in [5.74, 6) is -0.0359. The first-order valence-electron chi connectivity index (χ1n) is 9.61. The summed E-state index contributed by atoms with van der Waals surface area (Å²) >= 11 is 0. The molecule has 0 amide bonds. The lowest BCUT2D eigenvalue weighted by Crippen LogP contribution is -2.03. The van der Waals surface area contributed by atoms with Gasteiger partial charge in [0.2, 0.25) is 0 Å². The van der Waals surface area contributed by atoms with Crippen LogP contribution in [0.15, 0.2) is 12.2 Å². The largest absolute Gasteiger partial charge is 0.466 e. The predicted molar refractivity (Wildman–Crippen MR) is 96.1 cm³/mol. The fraction of sp³-hybridized carbons (Fsp3) is 0.850. The van der Waals surface area contributed by atoms with Gasteiger partial charge in [-0.15, -0.1) is 0 Å². The van der Waals surface area contributed by atoms with Crippen molar-refractivity contribution >= 4 is 5.97 Å². The zero-order valence-electron chi connectivity index (χ0n) is 15.1. The van der Waals surface area contributed by atoms with Gasteiger partial charge >= 0.3 is 5.97 Å². The van der Waals surface area contributed by atoms with Gasteiger partial charge < -0.3 is 4.74 Å². The smallest absolute Gasteiger partial charge is 0.305 e. The van der Waals surface area contributed by atoms with Crippen molar-refractivity contribution in [1.82, 2.24) is 0 Å². The van der Waals surface area contributed by atoms with Crippen LogP contribution in [0.25, 0.3) is 0 Å². The molecule has 0 aliphatic rings. The summed E-state index contributed by atoms with van der Waals surface area (Å²) in [4.78, 5) is 11.1. The molecule has 0 N–H and O–H groups in total. The molecule has 0 spiro atoms. The number of unbranched alkanes of at least 4 members (excludes halogenated alkanes) is 11. The maximum atomic E-state index is 11.1. The van der Waals surface area contributed by atoms with Crippen molar-refractivity contribution in [3.63, 3.8) is 0 Å². The molecule has 22 heavy (non-hydrogen) atoms. The minimum Gasteiger partial charge on any atom is -0.466 e. The summed E-state index contributed by atoms with van der Waals surface area (Å²) in [5, 5.41) is 0. The van der Waals surface area contributed by atoms with Gasteiger partial charge in [-0.05, 0) is 32.6 Å². The lowest BCUT2D eigenvalue weighted by atomic mass is 10.1. The predicted octanol–water partition coefficient (Wildman–Crippen LogP) is 6.59. The molecule has 0 atom stereocenters. The minimum absolute atomic E-state index is 0.0359. The van der Waals surface area contributed by atoms with E-state index in [0.717, 1.165) is 6.42 Å². The second kappa shape index (κ2) is 18.3. The maximum absolute atomic E-state index is 11.1. The van der Waals surface area contributed by atoms with Crippen LogP contribution in [0.2, 0.25) is 0 Å². The SMILES string of the molecule is CCCCC=CCCCCCCCCCCCC(=O)OCC. The zero-order valence-corrected chi connectivity index (χ0v) is 15.1. The molecule has 0 aromatic carbocycles. The van der Waals surface area contributed by atoms with Crippen LogP contribution in [0.3, 0.4) is 0 Å². The lowest BCUT2D eigenvalue weighted by molar-refractivity contribution is -0.143. The number of esters is 1. The molecule has 0 saturated carbocycles. The van der Waals surface area contributed by atoms with Crippen molar-refractivity contribution in [1.29, 1.82) is 0 Å². The zero-order chi connectivity index (χ0) is 16.3. The van der Waals surface area contributed by atoms with Gasteiger partial charge in [0.15, 0.2) is 0 Å². The number of carbonyl (C=O) groups excluding carboxylic acids is 1. The number of hydrogen-bond acceptors (Lipinski definition) is 2. The summed E-state index contributed by atoms with van der Waals surface area (Å²) in [6.45, 7) is 4.61. The Labute approximate surface area is 138 Å². The van der Waals surface area contributed by atoms with Gasteiger partial charge in [-0.25, -0.2) is 0 Å². The third-order valence-electron chi connectivity index (χ3n) is 3.95. The highest BCUT2D eigenvalue weighted by atomic mass is 16.5. The molecule has 0 bridgehead atoms. The Balaban J connectivity index is 3.08. The fourth-order valence-corrected chi connectivity index (χ4v) is 2.56. The second-order valence-electron chi connectivity index (χ2n) is 6.14. The van der Waals surface area contributed by atoms with Gasteiger partial charge in [0.05, 0.1) is 6.61 Å². The molecule has 0 rings (SSSR count). The second-order valence-corrected chi connectivity index (χ2v) is 6.14. The molecule has 2 nitrogen and oxygen atoms in total. The standard InChI is InChI=1S/C20H38O2/c1-3-5-6-7-8-9-10-11-12-13-14-15-16-17-18-19-20(21)22-4-2/h7-8H,3-6,9-19H2,1-2H3. The summed E-state index contributed by atoms with van der Waals surface area (Å²) in [7, 11) is 0. The Morgan fingerprint density at radius 2 is 1.23 bits per heavy atom. The van der Waals surface area contributed by atoms with Crippen LogP contribution in [-0.2, 0) is 9.53 Å². The Hall–Kier alpha value is -0.790. The topological polar surface area (TPSA) is 26.3 Å². The van der Waals surface area contributed by atoms with Crippen LogP contribution in [0.1, 0.15) is 104 Å². The Bertz CT molecular complexity index is 258. The highest BCUT2D eigenvalue weighted by Gasteiger charge is 2.00. The summed E-state index contributed by atoms with van der Waals surface area (Å²) in [6.07, 6.45) is 22.0. The minimum atomic E-state index is -0.0359. The van der Waals surface area contributed by atoms with Crippen LogP contribution in [0, 0.1) is 0 Å². The molecule has 0 aromatic heterocycles. The average Bonchev–Trinajstić information content (AvgIpc) is 2.51. The molecule has 0 radical (unpaired) electrons. The van der Waals surface area contributed by atoms with Crippen molar-refractivity contribution in [2.24, 2.45) is 0 Å². The first-order chi connectivity index (χ1) is 10.8. The number of allylic oxidation sites excluding steroid dienone is 2. The van der Waals surface area contributed by atoms with Crippen molar-refractivity contribution < 1.29 is 9.53 Å². The van der Waals surface area contributed by atoms with Gasteiger partial charge in [0.25, 0.3) is 0 Å². The van der Waals surface area contributed by atoms with Crippen molar-refractivity contribution in [2.45, 2.75) is 104 Å². The molecule has 0 aliphatic heterocycles. The third-order valence-corrected chi connectivity index (χ3v) is 3.95. The number of ether oxygens (including phenoxy) is 1. The number of carbonyl (C=O) groups is 1. The van der Waals surface area contributed by atoms with Crippen LogP contribution >= 0.6 is 0 Å². The van der Waals surface area contributed by atoms with E-state index in [1.165, 1.54) is 77.0 Å². The van der Waals surface area contributed by atoms with E-state index in [2.05, 4.69) is 19.1 Å². The van der Waals surface area contributed by atoms with Gasteiger partial charge in [0, 0.05) is 6.42 Å². The van der Waals surface area contributed by atoms with E-state index in [4.69, 9.17) is 4.74 Å². The molecule has 0 fully saturated rings. The van der Waals surface area contributed by atoms with Gasteiger partial charge in [-0.2, -0.15) is 0 Å². The molecular formula is C20H38O2. The summed E-state index contributed by atoms with van der Waals surface area (Å²) in [5.41, 5.74) is 0. The van der Waals surface area contributed by atoms with Crippen LogP contribution in [0.4, 0.5) is 0 Å². The molecule has 0 aromatic rings. The van der Waals surface area contributed by atoms with Gasteiger partial charge in [0.1, 0.15) is 0 Å². The maximum Gasteiger partial charge on any atom is 0.305 e. The normalized spacial score (nSPS) is 11.2. The van der Waals surface area contributed by atoms with Crippen LogP contribution in [-0.4, -0.2) is 12.6 Å². The van der Waals surface area contributed by atoms with Crippen molar-refractivity contribution in [3.05, 3.63) is 12.2 Å². The fourth-order valence-electron chi connectivity index (χ4n) is 2.56. The van der Waals surface area contributed by atoms with Crippen LogP contribution in [0.5, 0.6) is 0 Å². The van der Waals surface area contributed by atoms with E-state index >= 15 is 0 Å². The highest BCUT2D eigenvalue weighted by molar-refractivity contribution is 5.69. The van der Waals surface area contributed by atoms with E-state index in [-0.39, 0.29) is 5.97 Å². The molecule has 0 heterocycles. The van der Waals surface area contributed by atoms with Gasteiger partial charge in [-0.1, -0.05) is 76.9 Å².